The van der Waals surface area contributed by atoms with Gasteiger partial charge in [-0.3, -0.25) is 4.79 Å². The summed E-state index contributed by atoms with van der Waals surface area (Å²) in [5.74, 6) is -0.751. The molecule has 1 aromatic carbocycles. The lowest BCUT2D eigenvalue weighted by molar-refractivity contribution is -0.159. The summed E-state index contributed by atoms with van der Waals surface area (Å²) in [5.41, 5.74) is 1.32. The number of halogens is 3. The Morgan fingerprint density at radius 2 is 1.96 bits per heavy atom. The number of rotatable bonds is 5. The molecule has 0 N–H and O–H groups in total. The zero-order valence-electron chi connectivity index (χ0n) is 13.9. The molecular formula is C17H18F3N3O2. The average Bonchev–Trinajstić information content (AvgIpc) is 3.09. The van der Waals surface area contributed by atoms with Crippen molar-refractivity contribution in [2.75, 3.05) is 6.54 Å². The molecule has 1 fully saturated rings. The van der Waals surface area contributed by atoms with Crippen LogP contribution in [0.2, 0.25) is 0 Å². The number of aromatic nitrogens is 2. The predicted octanol–water partition coefficient (Wildman–Crippen LogP) is 3.76. The van der Waals surface area contributed by atoms with Gasteiger partial charge >= 0.3 is 12.1 Å². The van der Waals surface area contributed by atoms with Crippen molar-refractivity contribution in [1.29, 1.82) is 0 Å². The van der Waals surface area contributed by atoms with Crippen molar-refractivity contribution in [2.24, 2.45) is 11.8 Å². The van der Waals surface area contributed by atoms with Crippen LogP contribution in [0.1, 0.15) is 31.7 Å². The Morgan fingerprint density at radius 1 is 1.32 bits per heavy atom. The second-order valence-corrected chi connectivity index (χ2v) is 6.29. The normalized spacial score (nSPS) is 19.7. The van der Waals surface area contributed by atoms with Crippen molar-refractivity contribution < 1.29 is 22.5 Å². The third-order valence-corrected chi connectivity index (χ3v) is 4.37. The molecule has 0 bridgehead atoms. The van der Waals surface area contributed by atoms with Gasteiger partial charge in [0.1, 0.15) is 0 Å². The van der Waals surface area contributed by atoms with Gasteiger partial charge < -0.3 is 9.42 Å². The first-order valence-corrected chi connectivity index (χ1v) is 8.08. The average molecular weight is 353 g/mol. The third-order valence-electron chi connectivity index (χ3n) is 4.37. The van der Waals surface area contributed by atoms with E-state index in [9.17, 15) is 18.0 Å². The van der Waals surface area contributed by atoms with E-state index in [0.717, 1.165) is 12.0 Å². The van der Waals surface area contributed by atoms with Gasteiger partial charge in [0.2, 0.25) is 11.7 Å². The van der Waals surface area contributed by atoms with Crippen LogP contribution in [0, 0.1) is 11.8 Å². The number of amides is 1. The zero-order chi connectivity index (χ0) is 18.2. The van der Waals surface area contributed by atoms with Gasteiger partial charge in [0, 0.05) is 24.6 Å². The Hall–Kier alpha value is -2.38. The monoisotopic (exact) mass is 353 g/mol. The van der Waals surface area contributed by atoms with Crippen LogP contribution >= 0.6 is 0 Å². The summed E-state index contributed by atoms with van der Waals surface area (Å²) in [6.07, 6.45) is -3.72. The summed E-state index contributed by atoms with van der Waals surface area (Å²) < 4.78 is 41.7. The molecule has 1 aliphatic carbocycles. The Balaban J connectivity index is 1.69. The molecule has 1 amide bonds. The highest BCUT2D eigenvalue weighted by Gasteiger charge is 2.41. The topological polar surface area (TPSA) is 59.2 Å². The molecule has 2 aromatic rings. The molecule has 0 saturated heterocycles. The van der Waals surface area contributed by atoms with E-state index in [0.29, 0.717) is 24.6 Å². The van der Waals surface area contributed by atoms with E-state index in [1.165, 1.54) is 0 Å². The van der Waals surface area contributed by atoms with Crippen LogP contribution in [0.4, 0.5) is 13.2 Å². The number of benzene rings is 1. The standard InChI is InChI=1S/C17H18F3N3O2/c1-3-23(15(24)13-8-10(13)2)9-11-4-6-12(7-5-11)14-21-16(25-22-14)17(18,19)20/h4-7,10,13H,3,8-9H2,1-2H3. The van der Waals surface area contributed by atoms with Crippen molar-refractivity contribution in [1.82, 2.24) is 15.0 Å². The number of hydrogen-bond donors (Lipinski definition) is 0. The van der Waals surface area contributed by atoms with E-state index in [1.807, 2.05) is 6.92 Å². The minimum atomic E-state index is -4.66. The quantitative estimate of drug-likeness (QED) is 0.821. The number of nitrogens with zero attached hydrogens (tertiary/aromatic N) is 3. The lowest BCUT2D eigenvalue weighted by Gasteiger charge is -2.21. The summed E-state index contributed by atoms with van der Waals surface area (Å²) in [5, 5.41) is 3.36. The lowest BCUT2D eigenvalue weighted by atomic mass is 10.1. The highest BCUT2D eigenvalue weighted by Crippen LogP contribution is 2.39. The lowest BCUT2D eigenvalue weighted by Crippen LogP contribution is -2.31. The van der Waals surface area contributed by atoms with Gasteiger partial charge in [0.05, 0.1) is 0 Å². The van der Waals surface area contributed by atoms with Crippen molar-refractivity contribution >= 4 is 5.91 Å². The fourth-order valence-electron chi connectivity index (χ4n) is 2.68. The van der Waals surface area contributed by atoms with E-state index in [1.54, 1.807) is 29.2 Å². The number of alkyl halides is 3. The highest BCUT2D eigenvalue weighted by atomic mass is 19.4. The SMILES string of the molecule is CCN(Cc1ccc(-c2noc(C(F)(F)F)n2)cc1)C(=O)C1CC1C. The molecule has 0 aliphatic heterocycles. The maximum Gasteiger partial charge on any atom is 0.471 e. The minimum absolute atomic E-state index is 0.117. The molecule has 1 aliphatic rings. The number of hydrogen-bond acceptors (Lipinski definition) is 4. The van der Waals surface area contributed by atoms with Gasteiger partial charge in [-0.15, -0.1) is 0 Å². The van der Waals surface area contributed by atoms with Crippen LogP contribution in [0.25, 0.3) is 11.4 Å². The Bertz CT molecular complexity index is 755. The van der Waals surface area contributed by atoms with E-state index < -0.39 is 12.1 Å². The summed E-state index contributed by atoms with van der Waals surface area (Å²) >= 11 is 0. The van der Waals surface area contributed by atoms with Gasteiger partial charge in [-0.2, -0.15) is 18.2 Å². The molecule has 0 radical (unpaired) electrons. The molecule has 1 heterocycles. The molecule has 5 nitrogen and oxygen atoms in total. The van der Waals surface area contributed by atoms with Gasteiger partial charge in [-0.25, -0.2) is 0 Å². The van der Waals surface area contributed by atoms with E-state index in [4.69, 9.17) is 0 Å². The van der Waals surface area contributed by atoms with E-state index in [2.05, 4.69) is 21.6 Å². The molecule has 8 heteroatoms. The molecular weight excluding hydrogens is 335 g/mol. The first kappa shape index (κ1) is 17.4. The first-order valence-electron chi connectivity index (χ1n) is 8.08. The van der Waals surface area contributed by atoms with Crippen molar-refractivity contribution in [3.8, 4) is 11.4 Å². The molecule has 1 saturated carbocycles. The second-order valence-electron chi connectivity index (χ2n) is 6.29. The maximum atomic E-state index is 12.5. The second kappa shape index (κ2) is 6.50. The summed E-state index contributed by atoms with van der Waals surface area (Å²) in [6, 6.07) is 6.76. The Kier molecular flexibility index (Phi) is 4.53. The molecule has 0 spiro atoms. The molecule has 2 unspecified atom stereocenters. The number of carbonyl (C=O) groups excluding carboxylic acids is 1. The van der Waals surface area contributed by atoms with Gasteiger partial charge in [-0.05, 0) is 24.8 Å². The molecule has 3 rings (SSSR count). The smallest absolute Gasteiger partial charge is 0.338 e. The van der Waals surface area contributed by atoms with Crippen LogP contribution in [0.3, 0.4) is 0 Å². The fraction of sp³-hybridized carbons (Fsp3) is 0.471. The molecule has 1 aromatic heterocycles. The van der Waals surface area contributed by atoms with Crippen LogP contribution in [-0.4, -0.2) is 27.5 Å². The van der Waals surface area contributed by atoms with Crippen LogP contribution < -0.4 is 0 Å². The Labute approximate surface area is 142 Å². The maximum absolute atomic E-state index is 12.5. The highest BCUT2D eigenvalue weighted by molar-refractivity contribution is 5.81. The Morgan fingerprint density at radius 3 is 2.44 bits per heavy atom. The van der Waals surface area contributed by atoms with Gasteiger partial charge in [-0.1, -0.05) is 36.3 Å². The van der Waals surface area contributed by atoms with Crippen LogP contribution in [0.15, 0.2) is 28.8 Å². The van der Waals surface area contributed by atoms with E-state index >= 15 is 0 Å². The largest absolute Gasteiger partial charge is 0.471 e. The first-order chi connectivity index (χ1) is 11.8. The molecule has 134 valence electrons. The van der Waals surface area contributed by atoms with Crippen LogP contribution in [-0.2, 0) is 17.5 Å². The van der Waals surface area contributed by atoms with Crippen molar-refractivity contribution in [3.63, 3.8) is 0 Å². The van der Waals surface area contributed by atoms with Crippen LogP contribution in [0.5, 0.6) is 0 Å². The summed E-state index contributed by atoms with van der Waals surface area (Å²) in [6.45, 7) is 5.07. The summed E-state index contributed by atoms with van der Waals surface area (Å²) in [4.78, 5) is 17.5. The minimum Gasteiger partial charge on any atom is -0.338 e. The van der Waals surface area contributed by atoms with Crippen molar-refractivity contribution in [2.45, 2.75) is 33.0 Å². The third kappa shape index (κ3) is 3.83. The van der Waals surface area contributed by atoms with Gasteiger partial charge in [0.15, 0.2) is 0 Å². The number of carbonyl (C=O) groups is 1. The predicted molar refractivity (Wildman–Crippen MR) is 83.1 cm³/mol. The van der Waals surface area contributed by atoms with Crippen molar-refractivity contribution in [3.05, 3.63) is 35.7 Å². The summed E-state index contributed by atoms with van der Waals surface area (Å²) in [7, 11) is 0. The van der Waals surface area contributed by atoms with E-state index in [-0.39, 0.29) is 17.6 Å². The molecule has 25 heavy (non-hydrogen) atoms. The molecule has 2 atom stereocenters. The zero-order valence-corrected chi connectivity index (χ0v) is 13.9. The van der Waals surface area contributed by atoms with Gasteiger partial charge in [0.25, 0.3) is 0 Å². The fourth-order valence-corrected chi connectivity index (χ4v) is 2.68.